The van der Waals surface area contributed by atoms with Crippen LogP contribution in [0.25, 0.3) is 0 Å². The first-order chi connectivity index (χ1) is 12.2. The molecule has 1 saturated heterocycles. The lowest BCUT2D eigenvalue weighted by Gasteiger charge is -2.30. The number of hydrogen-bond donors (Lipinski definition) is 2. The molecule has 1 saturated carbocycles. The maximum absolute atomic E-state index is 12.5. The Morgan fingerprint density at radius 3 is 2.80 bits per heavy atom. The molecule has 0 spiro atoms. The first-order valence-corrected chi connectivity index (χ1v) is 9.53. The summed E-state index contributed by atoms with van der Waals surface area (Å²) in [6.07, 6.45) is 5.11. The van der Waals surface area contributed by atoms with Crippen molar-refractivity contribution in [1.29, 1.82) is 0 Å². The average Bonchev–Trinajstić information content (AvgIpc) is 3.17. The molecule has 1 aliphatic carbocycles. The zero-order chi connectivity index (χ0) is 17.2. The SMILES string of the molecule is O=C(NCc1cc2n(n1)CCCN(C(=O)C1CCC1)C2)[C@H]1CCNC1. The topological polar surface area (TPSA) is 79.3 Å². The van der Waals surface area contributed by atoms with E-state index in [2.05, 4.69) is 15.7 Å². The summed E-state index contributed by atoms with van der Waals surface area (Å²) in [6, 6.07) is 2.04. The van der Waals surface area contributed by atoms with Crippen molar-refractivity contribution < 1.29 is 9.59 Å². The standard InChI is InChI=1S/C18H27N5O2/c24-17(14-5-6-19-10-14)20-11-15-9-16-12-22(7-2-8-23(16)21-15)18(25)13-3-1-4-13/h9,13-14,19H,1-8,10-12H2,(H,20,24)/t14-/m0/s1. The van der Waals surface area contributed by atoms with Crippen LogP contribution in [0.3, 0.4) is 0 Å². The van der Waals surface area contributed by atoms with E-state index in [0.29, 0.717) is 19.0 Å². The van der Waals surface area contributed by atoms with Crippen LogP contribution in [0.1, 0.15) is 43.5 Å². The van der Waals surface area contributed by atoms with E-state index in [0.717, 1.165) is 63.3 Å². The van der Waals surface area contributed by atoms with Crippen LogP contribution < -0.4 is 10.6 Å². The van der Waals surface area contributed by atoms with Crippen molar-refractivity contribution in [3.8, 4) is 0 Å². The lowest BCUT2D eigenvalue weighted by atomic mass is 9.84. The van der Waals surface area contributed by atoms with Crippen molar-refractivity contribution in [3.05, 3.63) is 17.5 Å². The minimum atomic E-state index is 0.0797. The molecule has 1 atom stereocenters. The van der Waals surface area contributed by atoms with Gasteiger partial charge in [0, 0.05) is 25.6 Å². The second-order valence-electron chi connectivity index (χ2n) is 7.50. The van der Waals surface area contributed by atoms with E-state index in [1.807, 2.05) is 15.6 Å². The summed E-state index contributed by atoms with van der Waals surface area (Å²) in [5, 5.41) is 10.8. The molecule has 3 aliphatic rings. The summed E-state index contributed by atoms with van der Waals surface area (Å²) < 4.78 is 2.01. The van der Waals surface area contributed by atoms with Crippen LogP contribution in [-0.2, 0) is 29.2 Å². The summed E-state index contributed by atoms with van der Waals surface area (Å²) in [6.45, 7) is 4.45. The van der Waals surface area contributed by atoms with Crippen LogP contribution in [0.15, 0.2) is 6.07 Å². The third-order valence-electron chi connectivity index (χ3n) is 5.71. The molecule has 0 unspecified atom stereocenters. The van der Waals surface area contributed by atoms with Gasteiger partial charge in [0.25, 0.3) is 0 Å². The summed E-state index contributed by atoms with van der Waals surface area (Å²) in [5.74, 6) is 0.740. The largest absolute Gasteiger partial charge is 0.350 e. The first kappa shape index (κ1) is 16.6. The zero-order valence-corrected chi connectivity index (χ0v) is 14.7. The van der Waals surface area contributed by atoms with E-state index in [9.17, 15) is 9.59 Å². The third kappa shape index (κ3) is 3.56. The van der Waals surface area contributed by atoms with Gasteiger partial charge in [-0.3, -0.25) is 14.3 Å². The number of carbonyl (C=O) groups excluding carboxylic acids is 2. The number of nitrogens with one attached hydrogen (secondary N) is 2. The quantitative estimate of drug-likeness (QED) is 0.839. The van der Waals surface area contributed by atoms with Gasteiger partial charge < -0.3 is 15.5 Å². The maximum Gasteiger partial charge on any atom is 0.226 e. The van der Waals surface area contributed by atoms with E-state index in [-0.39, 0.29) is 17.7 Å². The van der Waals surface area contributed by atoms with E-state index in [1.165, 1.54) is 6.42 Å². The van der Waals surface area contributed by atoms with Gasteiger partial charge in [-0.15, -0.1) is 0 Å². The number of hydrogen-bond acceptors (Lipinski definition) is 4. The number of aromatic nitrogens is 2. The fraction of sp³-hybridized carbons (Fsp3) is 0.722. The first-order valence-electron chi connectivity index (χ1n) is 9.53. The zero-order valence-electron chi connectivity index (χ0n) is 14.7. The molecule has 2 aliphatic heterocycles. The molecule has 2 amide bonds. The number of fused-ring (bicyclic) bond motifs is 1. The van der Waals surface area contributed by atoms with Gasteiger partial charge in [0.2, 0.25) is 11.8 Å². The maximum atomic E-state index is 12.5. The molecule has 4 rings (SSSR count). The summed E-state index contributed by atoms with van der Waals surface area (Å²) in [7, 11) is 0. The monoisotopic (exact) mass is 345 g/mol. The normalized spacial score (nSPS) is 23.7. The highest BCUT2D eigenvalue weighted by molar-refractivity contribution is 5.80. The molecular formula is C18H27N5O2. The third-order valence-corrected chi connectivity index (χ3v) is 5.71. The lowest BCUT2D eigenvalue weighted by Crippen LogP contribution is -2.38. The van der Waals surface area contributed by atoms with Gasteiger partial charge in [-0.25, -0.2) is 0 Å². The summed E-state index contributed by atoms with van der Waals surface area (Å²) in [5.41, 5.74) is 1.96. The van der Waals surface area contributed by atoms with E-state index >= 15 is 0 Å². The molecule has 7 nitrogen and oxygen atoms in total. The van der Waals surface area contributed by atoms with Gasteiger partial charge in [-0.05, 0) is 38.3 Å². The minimum Gasteiger partial charge on any atom is -0.350 e. The highest BCUT2D eigenvalue weighted by Crippen LogP contribution is 2.29. The van der Waals surface area contributed by atoms with Gasteiger partial charge in [0.1, 0.15) is 0 Å². The molecule has 2 fully saturated rings. The Labute approximate surface area is 148 Å². The smallest absolute Gasteiger partial charge is 0.226 e. The molecule has 1 aromatic rings. The Hall–Kier alpha value is -1.89. The molecule has 25 heavy (non-hydrogen) atoms. The Morgan fingerprint density at radius 1 is 1.20 bits per heavy atom. The minimum absolute atomic E-state index is 0.0797. The predicted molar refractivity (Wildman–Crippen MR) is 92.4 cm³/mol. The molecule has 136 valence electrons. The molecule has 0 radical (unpaired) electrons. The fourth-order valence-electron chi connectivity index (χ4n) is 3.91. The van der Waals surface area contributed by atoms with Gasteiger partial charge in [-0.2, -0.15) is 5.10 Å². The second-order valence-corrected chi connectivity index (χ2v) is 7.50. The molecule has 0 aromatic carbocycles. The molecule has 7 heteroatoms. The van der Waals surface area contributed by atoms with Crippen molar-refractivity contribution in [3.63, 3.8) is 0 Å². The van der Waals surface area contributed by atoms with Crippen LogP contribution in [0, 0.1) is 11.8 Å². The van der Waals surface area contributed by atoms with E-state index in [1.54, 1.807) is 0 Å². The van der Waals surface area contributed by atoms with Crippen molar-refractivity contribution in [2.24, 2.45) is 11.8 Å². The van der Waals surface area contributed by atoms with Crippen molar-refractivity contribution in [1.82, 2.24) is 25.3 Å². The fourth-order valence-corrected chi connectivity index (χ4v) is 3.91. The molecular weight excluding hydrogens is 318 g/mol. The van der Waals surface area contributed by atoms with Crippen LogP contribution in [0.2, 0.25) is 0 Å². The predicted octanol–water partition coefficient (Wildman–Crippen LogP) is 0.641. The lowest BCUT2D eigenvalue weighted by molar-refractivity contribution is -0.138. The number of rotatable bonds is 4. The molecule has 2 N–H and O–H groups in total. The van der Waals surface area contributed by atoms with Crippen molar-refractivity contribution >= 4 is 11.8 Å². The Bertz CT molecular complexity index is 646. The Morgan fingerprint density at radius 2 is 2.08 bits per heavy atom. The van der Waals surface area contributed by atoms with Crippen LogP contribution >= 0.6 is 0 Å². The van der Waals surface area contributed by atoms with Crippen LogP contribution in [0.4, 0.5) is 0 Å². The van der Waals surface area contributed by atoms with Gasteiger partial charge in [0.15, 0.2) is 0 Å². The van der Waals surface area contributed by atoms with Crippen molar-refractivity contribution in [2.75, 3.05) is 19.6 Å². The van der Waals surface area contributed by atoms with E-state index < -0.39 is 0 Å². The average molecular weight is 345 g/mol. The summed E-state index contributed by atoms with van der Waals surface area (Å²) >= 11 is 0. The van der Waals surface area contributed by atoms with Crippen molar-refractivity contribution in [2.45, 2.75) is 51.7 Å². The van der Waals surface area contributed by atoms with E-state index in [4.69, 9.17) is 0 Å². The van der Waals surface area contributed by atoms with Gasteiger partial charge in [-0.1, -0.05) is 6.42 Å². The Kier molecular flexibility index (Phi) is 4.74. The van der Waals surface area contributed by atoms with Gasteiger partial charge >= 0.3 is 0 Å². The Balaban J connectivity index is 1.37. The van der Waals surface area contributed by atoms with Gasteiger partial charge in [0.05, 0.1) is 30.4 Å². The molecule has 0 bridgehead atoms. The number of carbonyl (C=O) groups is 2. The number of amides is 2. The molecule has 1 aromatic heterocycles. The number of aryl methyl sites for hydroxylation is 1. The highest BCUT2D eigenvalue weighted by atomic mass is 16.2. The molecule has 3 heterocycles. The highest BCUT2D eigenvalue weighted by Gasteiger charge is 2.31. The van der Waals surface area contributed by atoms with Crippen LogP contribution in [0.5, 0.6) is 0 Å². The second kappa shape index (κ2) is 7.15. The number of nitrogens with zero attached hydrogens (tertiary/aromatic N) is 3. The van der Waals surface area contributed by atoms with Crippen LogP contribution in [-0.4, -0.2) is 46.1 Å². The summed E-state index contributed by atoms with van der Waals surface area (Å²) in [4.78, 5) is 26.7.